The van der Waals surface area contributed by atoms with Gasteiger partial charge in [0, 0.05) is 27.3 Å². The third-order valence-electron chi connectivity index (χ3n) is 5.82. The van der Waals surface area contributed by atoms with Gasteiger partial charge in [0.2, 0.25) is 0 Å². The molecule has 7 heteroatoms. The van der Waals surface area contributed by atoms with E-state index >= 15 is 0 Å². The van der Waals surface area contributed by atoms with Gasteiger partial charge in [0.05, 0.1) is 12.9 Å². The monoisotopic (exact) mass is 536 g/mol. The Kier molecular flexibility index (Phi) is 9.32. The normalized spacial score (nSPS) is 11.0. The number of hydrogen-bond donors (Lipinski definition) is 2. The maximum atomic E-state index is 13.3. The van der Waals surface area contributed by atoms with Crippen LogP contribution < -0.4 is 15.4 Å². The number of ether oxygens (including phenoxy) is 1. The molecule has 0 unspecified atom stereocenters. The largest absolute Gasteiger partial charge is 0.496 e. The molecule has 0 aliphatic heterocycles. The van der Waals surface area contributed by atoms with E-state index in [4.69, 9.17) is 4.74 Å². The van der Waals surface area contributed by atoms with Crippen LogP contribution in [0.1, 0.15) is 31.8 Å². The van der Waals surface area contributed by atoms with Crippen LogP contribution in [0.5, 0.6) is 5.75 Å². The van der Waals surface area contributed by atoms with Crippen LogP contribution in [0, 0.1) is 6.92 Å². The maximum Gasteiger partial charge on any atom is 0.272 e. The highest BCUT2D eigenvalue weighted by atomic mass is 32.2. The van der Waals surface area contributed by atoms with Gasteiger partial charge in [-0.1, -0.05) is 66.2 Å². The number of amides is 2. The van der Waals surface area contributed by atoms with E-state index in [1.165, 1.54) is 11.8 Å². The average molecular weight is 537 g/mol. The summed E-state index contributed by atoms with van der Waals surface area (Å²) in [6, 6.07) is 30.6. The first-order valence-electron chi connectivity index (χ1n) is 12.3. The van der Waals surface area contributed by atoms with Crippen molar-refractivity contribution in [1.82, 2.24) is 5.32 Å². The summed E-state index contributed by atoms with van der Waals surface area (Å²) in [5.74, 6) is 0.0412. The van der Waals surface area contributed by atoms with Crippen LogP contribution in [-0.4, -0.2) is 30.5 Å². The number of anilines is 1. The minimum absolute atomic E-state index is 0.0534. The van der Waals surface area contributed by atoms with Gasteiger partial charge in [0.15, 0.2) is 5.78 Å². The third-order valence-corrected chi connectivity index (χ3v) is 6.84. The highest BCUT2D eigenvalue weighted by molar-refractivity contribution is 8.00. The zero-order valence-electron chi connectivity index (χ0n) is 21.6. The standard InChI is InChI=1S/C32H28N2O4S/c1-22-12-14-23(15-13-22)29(35)21-39-27-18-16-26(17-19-27)33-32(37)28(20-25-10-6-7-11-30(25)38-2)34-31(36)24-8-4-3-5-9-24/h3-20H,21H2,1-2H3,(H,33,37)(H,34,36)/b28-20-. The summed E-state index contributed by atoms with van der Waals surface area (Å²) >= 11 is 1.43. The molecule has 0 spiro atoms. The first kappa shape index (κ1) is 27.4. The summed E-state index contributed by atoms with van der Waals surface area (Å²) in [5, 5.41) is 5.57. The molecule has 0 aliphatic carbocycles. The summed E-state index contributed by atoms with van der Waals surface area (Å²) in [7, 11) is 1.54. The molecule has 4 aromatic rings. The second-order valence-corrected chi connectivity index (χ2v) is 9.73. The molecular weight excluding hydrogens is 508 g/mol. The van der Waals surface area contributed by atoms with Gasteiger partial charge in [-0.2, -0.15) is 0 Å². The second kappa shape index (κ2) is 13.3. The smallest absolute Gasteiger partial charge is 0.272 e. The van der Waals surface area contributed by atoms with Crippen molar-refractivity contribution in [1.29, 1.82) is 0 Å². The van der Waals surface area contributed by atoms with E-state index in [1.807, 2.05) is 61.5 Å². The van der Waals surface area contributed by atoms with Gasteiger partial charge in [-0.3, -0.25) is 14.4 Å². The zero-order chi connectivity index (χ0) is 27.6. The lowest BCUT2D eigenvalue weighted by molar-refractivity contribution is -0.113. The van der Waals surface area contributed by atoms with Crippen LogP contribution in [0.4, 0.5) is 5.69 Å². The first-order chi connectivity index (χ1) is 18.9. The maximum absolute atomic E-state index is 13.3. The van der Waals surface area contributed by atoms with Crippen molar-refractivity contribution in [2.75, 3.05) is 18.2 Å². The van der Waals surface area contributed by atoms with Crippen LogP contribution in [0.2, 0.25) is 0 Å². The molecule has 2 amide bonds. The van der Waals surface area contributed by atoms with Gasteiger partial charge in [-0.15, -0.1) is 11.8 Å². The second-order valence-electron chi connectivity index (χ2n) is 8.68. The van der Waals surface area contributed by atoms with Crippen molar-refractivity contribution < 1.29 is 19.1 Å². The van der Waals surface area contributed by atoms with Crippen molar-refractivity contribution >= 4 is 41.1 Å². The summed E-state index contributed by atoms with van der Waals surface area (Å²) in [6.45, 7) is 1.98. The molecule has 0 bridgehead atoms. The molecule has 0 saturated heterocycles. The van der Waals surface area contributed by atoms with Crippen molar-refractivity contribution in [2.45, 2.75) is 11.8 Å². The van der Waals surface area contributed by atoms with Crippen LogP contribution in [0.15, 0.2) is 114 Å². The topological polar surface area (TPSA) is 84.5 Å². The van der Waals surface area contributed by atoms with Crippen molar-refractivity contribution in [3.63, 3.8) is 0 Å². The SMILES string of the molecule is COc1ccccc1/C=C(\NC(=O)c1ccccc1)C(=O)Nc1ccc(SCC(=O)c2ccc(C)cc2)cc1. The van der Waals surface area contributed by atoms with Gasteiger partial charge in [-0.05, 0) is 55.5 Å². The minimum Gasteiger partial charge on any atom is -0.496 e. The molecule has 0 aliphatic rings. The van der Waals surface area contributed by atoms with Gasteiger partial charge in [0.1, 0.15) is 11.4 Å². The zero-order valence-corrected chi connectivity index (χ0v) is 22.5. The van der Waals surface area contributed by atoms with E-state index in [2.05, 4.69) is 10.6 Å². The lowest BCUT2D eigenvalue weighted by atomic mass is 10.1. The molecule has 2 N–H and O–H groups in total. The number of ketones is 1. The van der Waals surface area contributed by atoms with Crippen molar-refractivity contribution in [2.24, 2.45) is 0 Å². The van der Waals surface area contributed by atoms with E-state index < -0.39 is 11.8 Å². The summed E-state index contributed by atoms with van der Waals surface area (Å²) in [4.78, 5) is 39.5. The number of carbonyl (C=O) groups excluding carboxylic acids is 3. The fourth-order valence-corrected chi connectivity index (χ4v) is 4.48. The molecule has 0 heterocycles. The average Bonchev–Trinajstić information content (AvgIpc) is 2.97. The number of carbonyl (C=O) groups is 3. The number of methoxy groups -OCH3 is 1. The number of hydrogen-bond acceptors (Lipinski definition) is 5. The molecule has 4 rings (SSSR count). The summed E-state index contributed by atoms with van der Waals surface area (Å²) < 4.78 is 5.40. The van der Waals surface area contributed by atoms with Crippen LogP contribution in [0.3, 0.4) is 0 Å². The number of Topliss-reactive ketones (excluding diaryl/α,β-unsaturated/α-hetero) is 1. The highest BCUT2D eigenvalue weighted by Crippen LogP contribution is 2.23. The van der Waals surface area contributed by atoms with Gasteiger partial charge in [-0.25, -0.2) is 0 Å². The first-order valence-corrected chi connectivity index (χ1v) is 13.3. The van der Waals surface area contributed by atoms with E-state index in [-0.39, 0.29) is 11.5 Å². The lowest BCUT2D eigenvalue weighted by Gasteiger charge is -2.13. The molecule has 0 radical (unpaired) electrons. The highest BCUT2D eigenvalue weighted by Gasteiger charge is 2.16. The third kappa shape index (κ3) is 7.69. The number of para-hydroxylation sites is 1. The number of rotatable bonds is 10. The predicted molar refractivity (Wildman–Crippen MR) is 156 cm³/mol. The van der Waals surface area contributed by atoms with Gasteiger partial charge < -0.3 is 15.4 Å². The fourth-order valence-electron chi connectivity index (χ4n) is 3.69. The van der Waals surface area contributed by atoms with E-state index in [1.54, 1.807) is 61.7 Å². The Labute approximate surface area is 232 Å². The van der Waals surface area contributed by atoms with Crippen molar-refractivity contribution in [3.8, 4) is 5.75 Å². The molecule has 4 aromatic carbocycles. The van der Waals surface area contributed by atoms with E-state index in [9.17, 15) is 14.4 Å². The molecule has 0 saturated carbocycles. The van der Waals surface area contributed by atoms with Gasteiger partial charge >= 0.3 is 0 Å². The minimum atomic E-state index is -0.486. The Morgan fingerprint density at radius 3 is 2.15 bits per heavy atom. The van der Waals surface area contributed by atoms with Crippen LogP contribution in [0.25, 0.3) is 6.08 Å². The summed E-state index contributed by atoms with van der Waals surface area (Å²) in [6.07, 6.45) is 1.58. The lowest BCUT2D eigenvalue weighted by Crippen LogP contribution is -2.30. The molecule has 196 valence electrons. The number of benzene rings is 4. The van der Waals surface area contributed by atoms with E-state index in [0.29, 0.717) is 33.9 Å². The summed E-state index contributed by atoms with van der Waals surface area (Å²) in [5.41, 5.74) is 3.48. The fraction of sp³-hybridized carbons (Fsp3) is 0.0938. The molecular formula is C32H28N2O4S. The van der Waals surface area contributed by atoms with Gasteiger partial charge in [0.25, 0.3) is 11.8 Å². The Hall–Kier alpha value is -4.62. The molecule has 0 fully saturated rings. The molecule has 6 nitrogen and oxygen atoms in total. The van der Waals surface area contributed by atoms with Crippen molar-refractivity contribution in [3.05, 3.63) is 131 Å². The number of aryl methyl sites for hydroxylation is 1. The number of thioether (sulfide) groups is 1. The molecule has 39 heavy (non-hydrogen) atoms. The Morgan fingerprint density at radius 2 is 1.46 bits per heavy atom. The predicted octanol–water partition coefficient (Wildman–Crippen LogP) is 6.39. The Morgan fingerprint density at radius 1 is 0.795 bits per heavy atom. The Balaban J connectivity index is 1.46. The number of nitrogens with one attached hydrogen (secondary N) is 2. The molecule has 0 atom stereocenters. The molecule has 0 aromatic heterocycles. The Bertz CT molecular complexity index is 1480. The quantitative estimate of drug-likeness (QED) is 0.139. The van der Waals surface area contributed by atoms with Crippen LogP contribution in [-0.2, 0) is 4.79 Å². The van der Waals surface area contributed by atoms with E-state index in [0.717, 1.165) is 10.5 Å². The van der Waals surface area contributed by atoms with Crippen LogP contribution >= 0.6 is 11.8 Å².